The van der Waals surface area contributed by atoms with Crippen LogP contribution in [0.4, 0.5) is 0 Å². The summed E-state index contributed by atoms with van der Waals surface area (Å²) in [6.45, 7) is 2.06. The molecule has 1 unspecified atom stereocenters. The Labute approximate surface area is 148 Å². The maximum Gasteiger partial charge on any atom is 0.346 e. The largest absolute Gasteiger partial charge is 0.490 e. The van der Waals surface area contributed by atoms with E-state index in [0.29, 0.717) is 9.90 Å². The first kappa shape index (κ1) is 15.5. The molecule has 1 N–H and O–H groups in total. The van der Waals surface area contributed by atoms with Crippen molar-refractivity contribution in [1.29, 1.82) is 0 Å². The number of hydrogen-bond donors (Lipinski definition) is 1. The lowest BCUT2D eigenvalue weighted by molar-refractivity contribution is 0.0703. The van der Waals surface area contributed by atoms with Crippen molar-refractivity contribution in [3.63, 3.8) is 0 Å². The number of rotatable bonds is 2. The van der Waals surface area contributed by atoms with Crippen LogP contribution in [-0.2, 0) is 6.42 Å². The van der Waals surface area contributed by atoms with E-state index in [-0.39, 0.29) is 6.10 Å². The molecule has 0 aliphatic carbocycles. The van der Waals surface area contributed by atoms with E-state index < -0.39 is 5.97 Å². The lowest BCUT2D eigenvalue weighted by Crippen LogP contribution is -2.18. The summed E-state index contributed by atoms with van der Waals surface area (Å²) in [5, 5.41) is 11.2. The summed E-state index contributed by atoms with van der Waals surface area (Å²) in [5.74, 6) is -0.0122. The van der Waals surface area contributed by atoms with Gasteiger partial charge in [0.1, 0.15) is 10.6 Å². The second-order valence-electron chi connectivity index (χ2n) is 6.04. The van der Waals surface area contributed by atoms with E-state index >= 15 is 0 Å². The van der Waals surface area contributed by atoms with Gasteiger partial charge in [-0.05, 0) is 55.2 Å². The van der Waals surface area contributed by atoms with E-state index in [2.05, 4.69) is 13.0 Å². The van der Waals surface area contributed by atoms with Gasteiger partial charge in [0.05, 0.1) is 6.10 Å². The molecule has 0 saturated carbocycles. The molecule has 122 valence electrons. The SMILES string of the molecule is CC1CCc2cc(-c3c(C(=O)O)sc4cc(Cl)ccc34)ccc2O1. The van der Waals surface area contributed by atoms with Crippen LogP contribution in [-0.4, -0.2) is 17.2 Å². The number of halogens is 1. The standard InChI is InChI=1S/C19H15ClO3S/c1-10-2-3-11-8-12(4-7-15(11)23-10)17-14-6-5-13(20)9-16(14)24-18(17)19(21)22/h4-10H,2-3H2,1H3,(H,21,22). The highest BCUT2D eigenvalue weighted by molar-refractivity contribution is 7.21. The summed E-state index contributed by atoms with van der Waals surface area (Å²) in [4.78, 5) is 12.1. The Hall–Kier alpha value is -2.04. The molecule has 5 heteroatoms. The summed E-state index contributed by atoms with van der Waals surface area (Å²) in [7, 11) is 0. The van der Waals surface area contributed by atoms with Crippen LogP contribution in [0.5, 0.6) is 5.75 Å². The predicted octanol–water partition coefficient (Wildman–Crippen LogP) is 5.63. The van der Waals surface area contributed by atoms with E-state index in [1.165, 1.54) is 11.3 Å². The first-order valence-electron chi connectivity index (χ1n) is 7.78. The third-order valence-electron chi connectivity index (χ3n) is 4.34. The Morgan fingerprint density at radius 2 is 2.12 bits per heavy atom. The average molecular weight is 359 g/mol. The maximum absolute atomic E-state index is 11.7. The summed E-state index contributed by atoms with van der Waals surface area (Å²) < 4.78 is 6.74. The number of hydrogen-bond acceptors (Lipinski definition) is 3. The molecule has 3 nitrogen and oxygen atoms in total. The van der Waals surface area contributed by atoms with Crippen LogP contribution in [0.25, 0.3) is 21.2 Å². The second kappa shape index (κ2) is 5.80. The van der Waals surface area contributed by atoms with E-state index in [0.717, 1.165) is 45.4 Å². The van der Waals surface area contributed by atoms with Crippen molar-refractivity contribution >= 4 is 39.0 Å². The number of carboxylic acids is 1. The quantitative estimate of drug-likeness (QED) is 0.645. The molecule has 1 aliphatic heterocycles. The van der Waals surface area contributed by atoms with Crippen LogP contribution < -0.4 is 4.74 Å². The van der Waals surface area contributed by atoms with Gasteiger partial charge in [-0.1, -0.05) is 23.7 Å². The van der Waals surface area contributed by atoms with Crippen LogP contribution in [0.2, 0.25) is 5.02 Å². The van der Waals surface area contributed by atoms with Gasteiger partial charge in [0.2, 0.25) is 0 Å². The topological polar surface area (TPSA) is 46.5 Å². The normalized spacial score (nSPS) is 16.7. The highest BCUT2D eigenvalue weighted by atomic mass is 35.5. The van der Waals surface area contributed by atoms with E-state index in [1.54, 1.807) is 6.07 Å². The Morgan fingerprint density at radius 3 is 2.92 bits per heavy atom. The third-order valence-corrected chi connectivity index (χ3v) is 5.72. The zero-order valence-electron chi connectivity index (χ0n) is 13.0. The fraction of sp³-hybridized carbons (Fsp3) is 0.211. The smallest absolute Gasteiger partial charge is 0.346 e. The Bertz CT molecular complexity index is 961. The Morgan fingerprint density at radius 1 is 1.29 bits per heavy atom. The molecule has 3 aromatic rings. The second-order valence-corrected chi connectivity index (χ2v) is 7.53. The molecule has 1 aromatic heterocycles. The highest BCUT2D eigenvalue weighted by Crippen LogP contribution is 2.41. The monoisotopic (exact) mass is 358 g/mol. The Balaban J connectivity index is 1.93. The molecule has 1 atom stereocenters. The molecule has 0 bridgehead atoms. The molecule has 0 saturated heterocycles. The van der Waals surface area contributed by atoms with E-state index in [4.69, 9.17) is 16.3 Å². The molecular weight excluding hydrogens is 344 g/mol. The number of thiophene rings is 1. The number of fused-ring (bicyclic) bond motifs is 2. The summed E-state index contributed by atoms with van der Waals surface area (Å²) >= 11 is 7.32. The minimum absolute atomic E-state index is 0.224. The van der Waals surface area contributed by atoms with Crippen molar-refractivity contribution in [3.8, 4) is 16.9 Å². The van der Waals surface area contributed by atoms with Gasteiger partial charge in [0.15, 0.2) is 0 Å². The average Bonchev–Trinajstić information content (AvgIpc) is 2.93. The van der Waals surface area contributed by atoms with Crippen molar-refractivity contribution in [2.24, 2.45) is 0 Å². The van der Waals surface area contributed by atoms with Crippen LogP contribution in [0.1, 0.15) is 28.6 Å². The van der Waals surface area contributed by atoms with Gasteiger partial charge in [0.25, 0.3) is 0 Å². The van der Waals surface area contributed by atoms with E-state index in [9.17, 15) is 9.90 Å². The number of aryl methyl sites for hydroxylation is 1. The van der Waals surface area contributed by atoms with Gasteiger partial charge in [-0.2, -0.15) is 0 Å². The fourth-order valence-electron chi connectivity index (χ4n) is 3.19. The zero-order chi connectivity index (χ0) is 16.8. The lowest BCUT2D eigenvalue weighted by atomic mass is 9.96. The molecule has 24 heavy (non-hydrogen) atoms. The molecular formula is C19H15ClO3S. The maximum atomic E-state index is 11.7. The van der Waals surface area contributed by atoms with Gasteiger partial charge >= 0.3 is 5.97 Å². The van der Waals surface area contributed by atoms with Crippen LogP contribution in [0.3, 0.4) is 0 Å². The predicted molar refractivity (Wildman–Crippen MR) is 97.6 cm³/mol. The van der Waals surface area contributed by atoms with Gasteiger partial charge in [-0.25, -0.2) is 4.79 Å². The molecule has 0 amide bonds. The van der Waals surface area contributed by atoms with Gasteiger partial charge in [-0.3, -0.25) is 0 Å². The fourth-order valence-corrected chi connectivity index (χ4v) is 4.53. The first-order valence-corrected chi connectivity index (χ1v) is 8.97. The van der Waals surface area contributed by atoms with Gasteiger partial charge in [0, 0.05) is 20.7 Å². The van der Waals surface area contributed by atoms with Crippen molar-refractivity contribution in [1.82, 2.24) is 0 Å². The minimum Gasteiger partial charge on any atom is -0.490 e. The summed E-state index contributed by atoms with van der Waals surface area (Å²) in [6, 6.07) is 11.5. The molecule has 0 spiro atoms. The Kier molecular flexibility index (Phi) is 3.74. The number of carboxylic acid groups (broad SMARTS) is 1. The molecule has 4 rings (SSSR count). The summed E-state index contributed by atoms with van der Waals surface area (Å²) in [5.41, 5.74) is 2.81. The molecule has 0 radical (unpaired) electrons. The van der Waals surface area contributed by atoms with Gasteiger partial charge < -0.3 is 9.84 Å². The van der Waals surface area contributed by atoms with Crippen molar-refractivity contribution in [3.05, 3.63) is 51.9 Å². The highest BCUT2D eigenvalue weighted by Gasteiger charge is 2.22. The number of aromatic carboxylic acids is 1. The molecule has 0 fully saturated rings. The van der Waals surface area contributed by atoms with Crippen molar-refractivity contribution in [2.45, 2.75) is 25.9 Å². The van der Waals surface area contributed by atoms with Crippen LogP contribution in [0.15, 0.2) is 36.4 Å². The van der Waals surface area contributed by atoms with Crippen LogP contribution >= 0.6 is 22.9 Å². The summed E-state index contributed by atoms with van der Waals surface area (Å²) in [6.07, 6.45) is 2.14. The third kappa shape index (κ3) is 2.56. The van der Waals surface area contributed by atoms with E-state index in [1.807, 2.05) is 24.3 Å². The lowest BCUT2D eigenvalue weighted by Gasteiger charge is -2.23. The number of benzene rings is 2. The molecule has 1 aliphatic rings. The first-order chi connectivity index (χ1) is 11.5. The number of carbonyl (C=O) groups is 1. The van der Waals surface area contributed by atoms with Gasteiger partial charge in [-0.15, -0.1) is 11.3 Å². The molecule has 2 aromatic carbocycles. The van der Waals surface area contributed by atoms with Crippen molar-refractivity contribution in [2.75, 3.05) is 0 Å². The van der Waals surface area contributed by atoms with Crippen LogP contribution in [0, 0.1) is 0 Å². The number of ether oxygens (including phenoxy) is 1. The zero-order valence-corrected chi connectivity index (χ0v) is 14.6. The van der Waals surface area contributed by atoms with Crippen molar-refractivity contribution < 1.29 is 14.6 Å². The minimum atomic E-state index is -0.912. The molecule has 2 heterocycles.